The summed E-state index contributed by atoms with van der Waals surface area (Å²) in [7, 11) is 1.40. The van der Waals surface area contributed by atoms with Gasteiger partial charge < -0.3 is 9.64 Å². The Hall–Kier alpha value is -4.19. The van der Waals surface area contributed by atoms with Crippen molar-refractivity contribution in [3.05, 3.63) is 84.8 Å². The third-order valence-corrected chi connectivity index (χ3v) is 7.67. The molecule has 6 nitrogen and oxygen atoms in total. The van der Waals surface area contributed by atoms with Crippen molar-refractivity contribution >= 4 is 28.1 Å². The van der Waals surface area contributed by atoms with Crippen LogP contribution in [0, 0.1) is 0 Å². The molecule has 186 valence electrons. The molecule has 2 aromatic heterocycles. The number of carbonyl (C=O) groups is 1. The summed E-state index contributed by atoms with van der Waals surface area (Å²) in [4.78, 5) is 19.7. The topological polar surface area (TPSA) is 59.7 Å². The Kier molecular flexibility index (Phi) is 5.87. The van der Waals surface area contributed by atoms with E-state index < -0.39 is 0 Å². The maximum absolute atomic E-state index is 12.3. The van der Waals surface area contributed by atoms with Gasteiger partial charge in [-0.2, -0.15) is 5.10 Å². The van der Waals surface area contributed by atoms with Crippen LogP contribution >= 0.6 is 0 Å². The van der Waals surface area contributed by atoms with Gasteiger partial charge in [0.1, 0.15) is 0 Å². The molecule has 6 heteroatoms. The second-order valence-corrected chi connectivity index (χ2v) is 9.95. The maximum Gasteiger partial charge on any atom is 0.338 e. The van der Waals surface area contributed by atoms with Gasteiger partial charge in [0.2, 0.25) is 0 Å². The molecule has 0 bridgehead atoms. The van der Waals surface area contributed by atoms with Crippen molar-refractivity contribution < 1.29 is 9.53 Å². The van der Waals surface area contributed by atoms with Crippen LogP contribution in [0.1, 0.15) is 43.5 Å². The van der Waals surface area contributed by atoms with Crippen molar-refractivity contribution in [2.45, 2.75) is 45.2 Å². The number of rotatable bonds is 4. The second kappa shape index (κ2) is 9.36. The summed E-state index contributed by atoms with van der Waals surface area (Å²) in [6.07, 6.45) is 9.57. The summed E-state index contributed by atoms with van der Waals surface area (Å²) >= 11 is 0. The Bertz CT molecular complexity index is 1600. The van der Waals surface area contributed by atoms with Crippen LogP contribution in [-0.4, -0.2) is 39.8 Å². The largest absolute Gasteiger partial charge is 0.465 e. The van der Waals surface area contributed by atoms with Crippen LogP contribution in [0.5, 0.6) is 0 Å². The van der Waals surface area contributed by atoms with Crippen molar-refractivity contribution in [3.63, 3.8) is 0 Å². The molecule has 0 N–H and O–H groups in total. The Labute approximate surface area is 216 Å². The lowest BCUT2D eigenvalue weighted by molar-refractivity contribution is 0.0603. The molecule has 0 amide bonds. The van der Waals surface area contributed by atoms with E-state index in [1.807, 2.05) is 59.5 Å². The highest BCUT2D eigenvalue weighted by Gasteiger charge is 2.24. The second-order valence-electron chi connectivity index (χ2n) is 9.95. The minimum absolute atomic E-state index is 0.347. The summed E-state index contributed by atoms with van der Waals surface area (Å²) in [6.45, 7) is 4.64. The number of piperidine rings is 1. The summed E-state index contributed by atoms with van der Waals surface area (Å²) in [5.74, 6) is -0.347. The van der Waals surface area contributed by atoms with Gasteiger partial charge in [0, 0.05) is 41.3 Å². The van der Waals surface area contributed by atoms with Crippen LogP contribution in [0.3, 0.4) is 0 Å². The minimum atomic E-state index is -0.347. The normalized spacial score (nSPS) is 17.9. The molecule has 1 fully saturated rings. The number of ether oxygens (including phenoxy) is 1. The first-order valence-corrected chi connectivity index (χ1v) is 12.9. The van der Waals surface area contributed by atoms with Gasteiger partial charge in [-0.1, -0.05) is 42.5 Å². The van der Waals surface area contributed by atoms with Crippen LogP contribution in [-0.2, 0) is 4.74 Å². The number of methoxy groups -OCH3 is 1. The third kappa shape index (κ3) is 4.02. The Balaban J connectivity index is 1.35. The molecule has 37 heavy (non-hydrogen) atoms. The third-order valence-electron chi connectivity index (χ3n) is 7.67. The monoisotopic (exact) mass is 490 g/mol. The highest BCUT2D eigenvalue weighted by molar-refractivity contribution is 6.10. The highest BCUT2D eigenvalue weighted by atomic mass is 16.5. The van der Waals surface area contributed by atoms with Crippen LogP contribution < -0.4 is 4.90 Å². The van der Waals surface area contributed by atoms with E-state index in [1.54, 1.807) is 0 Å². The van der Waals surface area contributed by atoms with Crippen molar-refractivity contribution in [2.75, 3.05) is 12.0 Å². The number of anilines is 1. The summed E-state index contributed by atoms with van der Waals surface area (Å²) < 4.78 is 6.81. The van der Waals surface area contributed by atoms with E-state index >= 15 is 0 Å². The van der Waals surface area contributed by atoms with Gasteiger partial charge in [-0.25, -0.2) is 14.3 Å². The van der Waals surface area contributed by atoms with E-state index in [2.05, 4.69) is 48.1 Å². The van der Waals surface area contributed by atoms with Gasteiger partial charge in [-0.3, -0.25) is 0 Å². The van der Waals surface area contributed by atoms with Crippen molar-refractivity contribution in [2.24, 2.45) is 0 Å². The number of esters is 1. The van der Waals surface area contributed by atoms with E-state index in [0.717, 1.165) is 38.7 Å². The lowest BCUT2D eigenvalue weighted by Crippen LogP contribution is -2.43. The lowest BCUT2D eigenvalue weighted by Gasteiger charge is -2.41. The molecular formula is C31H30N4O2. The van der Waals surface area contributed by atoms with Crippen molar-refractivity contribution in [3.8, 4) is 22.3 Å². The number of benzene rings is 3. The molecule has 0 aliphatic carbocycles. The molecule has 0 saturated carbocycles. The molecule has 1 aliphatic rings. The van der Waals surface area contributed by atoms with E-state index in [9.17, 15) is 4.79 Å². The Morgan fingerprint density at radius 3 is 2.32 bits per heavy atom. The first-order valence-electron chi connectivity index (χ1n) is 12.9. The Morgan fingerprint density at radius 2 is 1.59 bits per heavy atom. The molecule has 1 saturated heterocycles. The molecule has 3 aromatic carbocycles. The van der Waals surface area contributed by atoms with E-state index in [1.165, 1.54) is 32.1 Å². The zero-order valence-electron chi connectivity index (χ0n) is 21.4. The average Bonchev–Trinajstić information content (AvgIpc) is 3.35. The van der Waals surface area contributed by atoms with Gasteiger partial charge >= 0.3 is 5.97 Å². The predicted octanol–water partition coefficient (Wildman–Crippen LogP) is 6.77. The van der Waals surface area contributed by atoms with E-state index in [0.29, 0.717) is 17.6 Å². The van der Waals surface area contributed by atoms with Gasteiger partial charge in [0.15, 0.2) is 5.65 Å². The standard InChI is InChI=1S/C31H30N4O2/c1-20-7-6-8-21(2)35(20)24-13-11-22(12-14-24)23-17-32-30-29(18-33-34(30)19-23)27-15-16-28(31(36)37-3)26-10-5-4-9-25(26)27/h4-5,9-21H,6-8H2,1-3H3/t20-,21+. The summed E-state index contributed by atoms with van der Waals surface area (Å²) in [6, 6.07) is 21.5. The number of aromatic nitrogens is 3. The van der Waals surface area contributed by atoms with Crippen LogP contribution in [0.4, 0.5) is 5.69 Å². The van der Waals surface area contributed by atoms with Gasteiger partial charge in [0.25, 0.3) is 0 Å². The Morgan fingerprint density at radius 1 is 0.865 bits per heavy atom. The van der Waals surface area contributed by atoms with Crippen LogP contribution in [0.2, 0.25) is 0 Å². The summed E-state index contributed by atoms with van der Waals surface area (Å²) in [5.41, 5.74) is 6.62. The zero-order chi connectivity index (χ0) is 25.5. The first kappa shape index (κ1) is 23.2. The van der Waals surface area contributed by atoms with Gasteiger partial charge in [0.05, 0.1) is 18.9 Å². The molecule has 5 aromatic rings. The van der Waals surface area contributed by atoms with Gasteiger partial charge in [-0.15, -0.1) is 0 Å². The van der Waals surface area contributed by atoms with Crippen molar-refractivity contribution in [1.82, 2.24) is 14.6 Å². The maximum atomic E-state index is 12.3. The van der Waals surface area contributed by atoms with E-state index in [-0.39, 0.29) is 5.97 Å². The average molecular weight is 491 g/mol. The smallest absolute Gasteiger partial charge is 0.338 e. The number of carbonyl (C=O) groups excluding carboxylic acids is 1. The molecule has 2 atom stereocenters. The number of hydrogen-bond acceptors (Lipinski definition) is 5. The fourth-order valence-corrected chi connectivity index (χ4v) is 5.79. The molecule has 0 spiro atoms. The molecule has 1 aliphatic heterocycles. The van der Waals surface area contributed by atoms with Crippen LogP contribution in [0.15, 0.2) is 79.3 Å². The lowest BCUT2D eigenvalue weighted by atomic mass is 9.96. The fraction of sp³-hybridized carbons (Fsp3) is 0.258. The van der Waals surface area contributed by atoms with E-state index in [4.69, 9.17) is 9.72 Å². The summed E-state index contributed by atoms with van der Waals surface area (Å²) in [5, 5.41) is 6.44. The number of hydrogen-bond donors (Lipinski definition) is 0. The molecule has 3 heterocycles. The molecule has 0 unspecified atom stereocenters. The zero-order valence-corrected chi connectivity index (χ0v) is 21.4. The van der Waals surface area contributed by atoms with Crippen LogP contribution in [0.25, 0.3) is 38.7 Å². The number of fused-ring (bicyclic) bond motifs is 2. The molecular weight excluding hydrogens is 460 g/mol. The first-order chi connectivity index (χ1) is 18.0. The van der Waals surface area contributed by atoms with Gasteiger partial charge in [-0.05, 0) is 73.2 Å². The molecule has 0 radical (unpaired) electrons. The highest BCUT2D eigenvalue weighted by Crippen LogP contribution is 2.34. The fourth-order valence-electron chi connectivity index (χ4n) is 5.79. The SMILES string of the molecule is COC(=O)c1ccc(-c2cnn3cc(-c4ccc(N5[C@H](C)CCC[C@@H]5C)cc4)cnc23)c2ccccc12. The quantitative estimate of drug-likeness (QED) is 0.260. The predicted molar refractivity (Wildman–Crippen MR) is 148 cm³/mol. The minimum Gasteiger partial charge on any atom is -0.465 e. The number of nitrogens with zero attached hydrogens (tertiary/aromatic N) is 4. The van der Waals surface area contributed by atoms with Crippen molar-refractivity contribution in [1.29, 1.82) is 0 Å². The molecule has 6 rings (SSSR count).